The number of hydrogen-bond donors (Lipinski definition) is 5. The lowest BCUT2D eigenvalue weighted by Crippen LogP contribution is -2.59. The molecule has 172 valence electrons. The Hall–Kier alpha value is -1.56. The van der Waals surface area contributed by atoms with Gasteiger partial charge in [-0.15, -0.1) is 0 Å². The van der Waals surface area contributed by atoms with E-state index in [4.69, 9.17) is 19.3 Å². The highest BCUT2D eigenvalue weighted by molar-refractivity contribution is 5.61. The van der Waals surface area contributed by atoms with Crippen LogP contribution in [0.2, 0.25) is 0 Å². The molecule has 1 aromatic rings. The molecule has 5 atom stereocenters. The number of nitrogens with one attached hydrogen (secondary N) is 1. The molecule has 0 amide bonds. The summed E-state index contributed by atoms with van der Waals surface area (Å²) < 4.78 is 15.9. The molecule has 10 heteroatoms. The van der Waals surface area contributed by atoms with Gasteiger partial charge < -0.3 is 40.0 Å². The maximum absolute atomic E-state index is 11.5. The average molecular weight is 431 g/mol. The first-order valence-corrected chi connectivity index (χ1v) is 10.5. The highest BCUT2D eigenvalue weighted by atomic mass is 16.7. The highest BCUT2D eigenvalue weighted by Crippen LogP contribution is 2.22. The Labute approximate surface area is 175 Å². The van der Waals surface area contributed by atoms with E-state index in [1.54, 1.807) is 6.92 Å². The van der Waals surface area contributed by atoms with Crippen molar-refractivity contribution in [3.63, 3.8) is 0 Å². The third-order valence-corrected chi connectivity index (χ3v) is 5.16. The van der Waals surface area contributed by atoms with Crippen molar-refractivity contribution in [3.05, 3.63) is 20.4 Å². The molecular formula is C20H33NO9. The Kier molecular flexibility index (Phi) is 10.2. The van der Waals surface area contributed by atoms with Crippen LogP contribution in [-0.2, 0) is 9.47 Å². The van der Waals surface area contributed by atoms with Gasteiger partial charge in [-0.1, -0.05) is 25.7 Å². The molecule has 0 aliphatic carbocycles. The summed E-state index contributed by atoms with van der Waals surface area (Å²) in [6.45, 7) is 2.56. The Balaban J connectivity index is 1.50. The zero-order chi connectivity index (χ0) is 22.1. The molecule has 1 fully saturated rings. The lowest BCUT2D eigenvalue weighted by atomic mass is 9.99. The van der Waals surface area contributed by atoms with Crippen molar-refractivity contribution in [3.8, 4) is 5.75 Å². The molecule has 2 rings (SSSR count). The van der Waals surface area contributed by atoms with Crippen LogP contribution in [-0.4, -0.2) is 77.5 Å². The van der Waals surface area contributed by atoms with Gasteiger partial charge in [-0.25, -0.2) is 0 Å². The fourth-order valence-corrected chi connectivity index (χ4v) is 3.37. The molecule has 30 heavy (non-hydrogen) atoms. The van der Waals surface area contributed by atoms with Crippen molar-refractivity contribution >= 4 is 5.69 Å². The van der Waals surface area contributed by atoms with Crippen molar-refractivity contribution in [1.82, 2.24) is 0 Å². The third kappa shape index (κ3) is 6.22. The molecule has 0 bridgehead atoms. The molecule has 0 spiro atoms. The third-order valence-electron chi connectivity index (χ3n) is 5.16. The summed E-state index contributed by atoms with van der Waals surface area (Å²) in [6.07, 6.45) is -0.732. The second-order valence-electron chi connectivity index (χ2n) is 7.41. The second-order valence-corrected chi connectivity index (χ2v) is 7.41. The fourth-order valence-electron chi connectivity index (χ4n) is 3.37. The number of ether oxygens (including phenoxy) is 3. The summed E-state index contributed by atoms with van der Waals surface area (Å²) in [5.41, 5.74) is -0.796. The molecule has 1 aromatic carbocycles. The molecule has 1 aliphatic heterocycles. The molecule has 5 N–H and O–H groups in total. The highest BCUT2D eigenvalue weighted by Gasteiger charge is 2.43. The van der Waals surface area contributed by atoms with Crippen molar-refractivity contribution < 1.29 is 34.6 Å². The largest absolute Gasteiger partial charge is 0.488 e. The van der Waals surface area contributed by atoms with Crippen LogP contribution in [0.15, 0.2) is 9.59 Å². The van der Waals surface area contributed by atoms with Crippen LogP contribution in [0.3, 0.4) is 0 Å². The first-order chi connectivity index (χ1) is 14.4. The van der Waals surface area contributed by atoms with Gasteiger partial charge in [0, 0.05) is 13.2 Å². The van der Waals surface area contributed by atoms with Gasteiger partial charge >= 0.3 is 0 Å². The summed E-state index contributed by atoms with van der Waals surface area (Å²) in [5.74, 6) is 0.141. The Morgan fingerprint density at radius 2 is 1.60 bits per heavy atom. The van der Waals surface area contributed by atoms with E-state index < -0.39 is 48.2 Å². The van der Waals surface area contributed by atoms with Crippen molar-refractivity contribution in [2.75, 3.05) is 31.7 Å². The topological polar surface area (TPSA) is 155 Å². The fraction of sp³-hybridized carbons (Fsp3) is 0.800. The number of rotatable bonds is 14. The number of anilines is 1. The van der Waals surface area contributed by atoms with Crippen LogP contribution in [0.4, 0.5) is 5.69 Å². The first kappa shape index (κ1) is 24.7. The van der Waals surface area contributed by atoms with Crippen LogP contribution < -0.4 is 20.9 Å². The van der Waals surface area contributed by atoms with Gasteiger partial charge in [0.15, 0.2) is 12.0 Å². The zero-order valence-corrected chi connectivity index (χ0v) is 17.3. The maximum atomic E-state index is 11.5. The lowest BCUT2D eigenvalue weighted by molar-refractivity contribution is -0.301. The maximum Gasteiger partial charge on any atom is 0.272 e. The molecule has 1 aliphatic rings. The average Bonchev–Trinajstić information content (AvgIpc) is 2.75. The van der Waals surface area contributed by atoms with Crippen molar-refractivity contribution in [2.45, 2.75) is 76.2 Å². The molecule has 10 nitrogen and oxygen atoms in total. The summed E-state index contributed by atoms with van der Waals surface area (Å²) in [7, 11) is 0. The van der Waals surface area contributed by atoms with Crippen molar-refractivity contribution in [1.29, 1.82) is 0 Å². The van der Waals surface area contributed by atoms with E-state index in [9.17, 15) is 24.9 Å². The van der Waals surface area contributed by atoms with Gasteiger partial charge in [-0.05, 0) is 19.8 Å². The van der Waals surface area contributed by atoms with Crippen LogP contribution >= 0.6 is 0 Å². The SMILES string of the molecule is CCOc1c(NCCCCCCCCO[C@@H]2O[C@H](CO)[C@H](O)[C@H](O)[C@H]2O)c(=O)c1=O. The molecule has 0 unspecified atom stereocenters. The van der Waals surface area contributed by atoms with Gasteiger partial charge in [0.2, 0.25) is 0 Å². The summed E-state index contributed by atoms with van der Waals surface area (Å²) in [4.78, 5) is 22.9. The second kappa shape index (κ2) is 12.3. The van der Waals surface area contributed by atoms with E-state index in [0.717, 1.165) is 38.5 Å². The smallest absolute Gasteiger partial charge is 0.272 e. The van der Waals surface area contributed by atoms with Gasteiger partial charge in [0.25, 0.3) is 10.9 Å². The van der Waals surface area contributed by atoms with Gasteiger partial charge in [-0.2, -0.15) is 0 Å². The van der Waals surface area contributed by atoms with Crippen LogP contribution in [0.5, 0.6) is 5.75 Å². The minimum absolute atomic E-state index is 0.141. The summed E-state index contributed by atoms with van der Waals surface area (Å²) >= 11 is 0. The lowest BCUT2D eigenvalue weighted by Gasteiger charge is -2.39. The molecule has 1 saturated heterocycles. The van der Waals surface area contributed by atoms with E-state index in [2.05, 4.69) is 5.32 Å². The number of aliphatic hydroxyl groups excluding tert-OH is 4. The summed E-state index contributed by atoms with van der Waals surface area (Å²) in [6, 6.07) is 0. The minimum Gasteiger partial charge on any atom is -0.488 e. The van der Waals surface area contributed by atoms with E-state index in [0.29, 0.717) is 19.8 Å². The Morgan fingerprint density at radius 1 is 0.933 bits per heavy atom. The zero-order valence-electron chi connectivity index (χ0n) is 17.3. The minimum atomic E-state index is -1.43. The number of unbranched alkanes of at least 4 members (excludes halogenated alkanes) is 5. The molecule has 0 saturated carbocycles. The molecular weight excluding hydrogens is 398 g/mol. The van der Waals surface area contributed by atoms with E-state index in [1.807, 2.05) is 0 Å². The quantitative estimate of drug-likeness (QED) is 0.188. The van der Waals surface area contributed by atoms with Gasteiger partial charge in [-0.3, -0.25) is 9.59 Å². The summed E-state index contributed by atoms with van der Waals surface area (Å²) in [5, 5.41) is 41.4. The van der Waals surface area contributed by atoms with Crippen LogP contribution in [0.25, 0.3) is 0 Å². The normalized spacial score (nSPS) is 26.8. The van der Waals surface area contributed by atoms with E-state index >= 15 is 0 Å². The first-order valence-electron chi connectivity index (χ1n) is 10.5. The number of hydrogen-bond acceptors (Lipinski definition) is 10. The Bertz CT molecular complexity index is 701. The van der Waals surface area contributed by atoms with Gasteiger partial charge in [0.05, 0.1) is 13.2 Å². The van der Waals surface area contributed by atoms with Crippen molar-refractivity contribution in [2.24, 2.45) is 0 Å². The molecule has 0 radical (unpaired) electrons. The Morgan fingerprint density at radius 3 is 2.27 bits per heavy atom. The predicted octanol–water partition coefficient (Wildman–Crippen LogP) is -0.750. The van der Waals surface area contributed by atoms with Crippen LogP contribution in [0.1, 0.15) is 45.4 Å². The van der Waals surface area contributed by atoms with E-state index in [-0.39, 0.29) is 11.4 Å². The molecule has 0 aromatic heterocycles. The standard InChI is InChI=1S/C20H33NO9/c1-2-28-19-13(15(24)17(19)26)21-9-7-5-3-4-6-8-10-29-20-18(27)16(25)14(23)12(11-22)30-20/h12,14,16,18,20-23,25,27H,2-11H2,1H3/t12-,14+,16+,18-,20-/m1/s1. The van der Waals surface area contributed by atoms with Gasteiger partial charge in [0.1, 0.15) is 30.1 Å². The van der Waals surface area contributed by atoms with E-state index in [1.165, 1.54) is 0 Å². The molecule has 1 heterocycles. The van der Waals surface area contributed by atoms with Crippen LogP contribution in [0, 0.1) is 0 Å². The number of aliphatic hydroxyl groups is 4. The monoisotopic (exact) mass is 431 g/mol. The predicted molar refractivity (Wildman–Crippen MR) is 108 cm³/mol.